The van der Waals surface area contributed by atoms with Gasteiger partial charge >= 0.3 is 5.97 Å². The number of benzene rings is 1. The highest BCUT2D eigenvalue weighted by Gasteiger charge is 2.19. The van der Waals surface area contributed by atoms with E-state index >= 15 is 0 Å². The molecule has 0 radical (unpaired) electrons. The van der Waals surface area contributed by atoms with Gasteiger partial charge in [-0.3, -0.25) is 14.7 Å². The van der Waals surface area contributed by atoms with Crippen LogP contribution in [0.1, 0.15) is 56.5 Å². The largest absolute Gasteiger partial charge is 0.480 e. The Morgan fingerprint density at radius 3 is 2.21 bits per heavy atom. The van der Waals surface area contributed by atoms with Crippen molar-refractivity contribution >= 4 is 11.8 Å². The Balaban J connectivity index is 1.53. The van der Waals surface area contributed by atoms with E-state index in [0.717, 1.165) is 44.4 Å². The van der Waals surface area contributed by atoms with E-state index < -0.39 is 5.97 Å². The second kappa shape index (κ2) is 16.4. The zero-order valence-electron chi connectivity index (χ0n) is 24.6. The fraction of sp³-hybridized carbons (Fsp3) is 0.633. The van der Waals surface area contributed by atoms with Gasteiger partial charge in [-0.05, 0) is 70.0 Å². The predicted molar refractivity (Wildman–Crippen MR) is 158 cm³/mol. The third-order valence-electron chi connectivity index (χ3n) is 7.23. The number of aromatic nitrogens is 2. The number of carboxylic acids is 1. The van der Waals surface area contributed by atoms with Crippen molar-refractivity contribution in [3.63, 3.8) is 0 Å². The van der Waals surface area contributed by atoms with Crippen LogP contribution in [0, 0.1) is 0 Å². The Kier molecular flexibility index (Phi) is 12.9. The summed E-state index contributed by atoms with van der Waals surface area (Å²) >= 11 is 0. The molecule has 0 atom stereocenters. The van der Waals surface area contributed by atoms with E-state index in [9.17, 15) is 9.90 Å². The number of hydrogen-bond donors (Lipinski definition) is 1. The van der Waals surface area contributed by atoms with E-state index in [1.807, 2.05) is 0 Å². The van der Waals surface area contributed by atoms with Crippen LogP contribution in [0.5, 0.6) is 0 Å². The second-order valence-electron chi connectivity index (χ2n) is 10.8. The summed E-state index contributed by atoms with van der Waals surface area (Å²) in [6.45, 7) is 13.9. The van der Waals surface area contributed by atoms with Gasteiger partial charge in [-0.15, -0.1) is 0 Å². The van der Waals surface area contributed by atoms with Crippen LogP contribution in [0.4, 0.5) is 0 Å². The fourth-order valence-corrected chi connectivity index (χ4v) is 5.18. The highest BCUT2D eigenvalue weighted by atomic mass is 16.4. The van der Waals surface area contributed by atoms with E-state index in [1.165, 1.54) is 56.4 Å². The van der Waals surface area contributed by atoms with Gasteiger partial charge in [0.25, 0.3) is 0 Å². The maximum absolute atomic E-state index is 11.3. The molecule has 0 fully saturated rings. The number of aliphatic carboxylic acids is 1. The topological polar surface area (TPSA) is 80.4 Å². The Morgan fingerprint density at radius 1 is 0.923 bits per heavy atom. The molecule has 0 unspecified atom stereocenters. The summed E-state index contributed by atoms with van der Waals surface area (Å²) in [6.07, 6.45) is 8.35. The van der Waals surface area contributed by atoms with Crippen LogP contribution in [0.25, 0.3) is 0 Å². The van der Waals surface area contributed by atoms with Crippen LogP contribution >= 0.6 is 0 Å². The fourth-order valence-electron chi connectivity index (χ4n) is 5.18. The maximum atomic E-state index is 11.3. The molecule has 39 heavy (non-hydrogen) atoms. The molecule has 1 aliphatic rings. The molecule has 0 saturated carbocycles. The number of aliphatic imine (C=N–C) groups is 1. The smallest absolute Gasteiger partial charge is 0.323 e. The SMILES string of the molecule is CCCN(CCC)CCCCN(C)Cc1ccc(CN(CC2=NCCN2C)Cc2nccn2CC(=O)O)cc1. The van der Waals surface area contributed by atoms with Crippen LogP contribution in [0.2, 0.25) is 0 Å². The molecule has 0 aliphatic carbocycles. The first-order chi connectivity index (χ1) is 18.9. The summed E-state index contributed by atoms with van der Waals surface area (Å²) in [7, 11) is 4.29. The Hall–Kier alpha value is -2.75. The van der Waals surface area contributed by atoms with Crippen LogP contribution < -0.4 is 0 Å². The number of likely N-dealkylation sites (N-methyl/N-ethyl adjacent to an activating group) is 1. The summed E-state index contributed by atoms with van der Waals surface area (Å²) in [6, 6.07) is 8.90. The lowest BCUT2D eigenvalue weighted by atomic mass is 10.1. The predicted octanol–water partition coefficient (Wildman–Crippen LogP) is 3.65. The lowest BCUT2D eigenvalue weighted by Crippen LogP contribution is -2.36. The number of imidazole rings is 1. The number of amidine groups is 1. The van der Waals surface area contributed by atoms with Gasteiger partial charge in [0, 0.05) is 39.1 Å². The van der Waals surface area contributed by atoms with E-state index in [0.29, 0.717) is 13.1 Å². The molecule has 9 heteroatoms. The molecule has 9 nitrogen and oxygen atoms in total. The molecule has 3 rings (SSSR count). The molecule has 1 aliphatic heterocycles. The van der Waals surface area contributed by atoms with Crippen molar-refractivity contribution in [3.8, 4) is 0 Å². The van der Waals surface area contributed by atoms with Gasteiger partial charge < -0.3 is 24.4 Å². The third-order valence-corrected chi connectivity index (χ3v) is 7.23. The molecule has 216 valence electrons. The first-order valence-electron chi connectivity index (χ1n) is 14.5. The Labute approximate surface area is 235 Å². The number of hydrogen-bond acceptors (Lipinski definition) is 7. The van der Waals surface area contributed by atoms with Gasteiger partial charge in [0.15, 0.2) is 0 Å². The molecule has 2 heterocycles. The number of carboxylic acid groups (broad SMARTS) is 1. The lowest BCUT2D eigenvalue weighted by Gasteiger charge is -2.25. The van der Waals surface area contributed by atoms with Crippen molar-refractivity contribution in [2.24, 2.45) is 4.99 Å². The molecule has 1 N–H and O–H groups in total. The van der Waals surface area contributed by atoms with Gasteiger partial charge in [0.05, 0.1) is 19.6 Å². The molecular formula is C30H49N7O2. The average molecular weight is 540 g/mol. The molecule has 1 aromatic heterocycles. The first-order valence-corrected chi connectivity index (χ1v) is 14.5. The molecule has 1 aromatic carbocycles. The summed E-state index contributed by atoms with van der Waals surface area (Å²) in [5.74, 6) is 0.956. The van der Waals surface area contributed by atoms with Crippen LogP contribution in [0.3, 0.4) is 0 Å². The molecule has 2 aromatic rings. The van der Waals surface area contributed by atoms with Gasteiger partial charge in [-0.1, -0.05) is 38.1 Å². The van der Waals surface area contributed by atoms with E-state index in [2.05, 4.69) is 81.8 Å². The monoisotopic (exact) mass is 539 g/mol. The molecule has 0 bridgehead atoms. The average Bonchev–Trinajstić information content (AvgIpc) is 3.51. The summed E-state index contributed by atoms with van der Waals surface area (Å²) in [5, 5.41) is 9.26. The molecule has 0 spiro atoms. The number of rotatable bonds is 19. The van der Waals surface area contributed by atoms with Gasteiger partial charge in [0.2, 0.25) is 0 Å². The van der Waals surface area contributed by atoms with Crippen molar-refractivity contribution in [1.82, 2.24) is 29.2 Å². The van der Waals surface area contributed by atoms with Crippen LogP contribution in [-0.2, 0) is 31.0 Å². The third kappa shape index (κ3) is 10.7. The van der Waals surface area contributed by atoms with Gasteiger partial charge in [-0.2, -0.15) is 0 Å². The maximum Gasteiger partial charge on any atom is 0.323 e. The van der Waals surface area contributed by atoms with Gasteiger partial charge in [0.1, 0.15) is 18.2 Å². The summed E-state index contributed by atoms with van der Waals surface area (Å²) in [4.78, 5) is 29.9. The minimum atomic E-state index is -0.865. The van der Waals surface area contributed by atoms with Crippen molar-refractivity contribution in [3.05, 3.63) is 53.6 Å². The molecular weight excluding hydrogens is 490 g/mol. The zero-order valence-corrected chi connectivity index (χ0v) is 24.6. The quantitative estimate of drug-likeness (QED) is 0.273. The van der Waals surface area contributed by atoms with Crippen molar-refractivity contribution in [2.45, 2.75) is 65.7 Å². The molecule has 0 amide bonds. The first kappa shape index (κ1) is 30.8. The zero-order chi connectivity index (χ0) is 28.0. The molecule has 0 saturated heterocycles. The second-order valence-corrected chi connectivity index (χ2v) is 10.8. The van der Waals surface area contributed by atoms with E-state index in [-0.39, 0.29) is 6.54 Å². The standard InChI is InChI=1S/C30H49N7O2/c1-5-15-35(16-6-2)18-8-7-17-33(3)21-26-9-11-27(12-10-26)22-36(23-28-31-13-19-34(28)4)24-29-32-14-20-37(29)25-30(38)39/h9-12,14,20H,5-8,13,15-19,21-25H2,1-4H3,(H,38,39). The lowest BCUT2D eigenvalue weighted by molar-refractivity contribution is -0.137. The number of carbonyl (C=O) groups is 1. The minimum absolute atomic E-state index is 0.0814. The highest BCUT2D eigenvalue weighted by molar-refractivity contribution is 5.85. The van der Waals surface area contributed by atoms with Crippen LogP contribution in [0.15, 0.2) is 41.7 Å². The van der Waals surface area contributed by atoms with Crippen LogP contribution in [-0.4, -0.2) is 106 Å². The van der Waals surface area contributed by atoms with Gasteiger partial charge in [-0.25, -0.2) is 4.98 Å². The normalized spacial score (nSPS) is 13.7. The van der Waals surface area contributed by atoms with Crippen molar-refractivity contribution in [2.75, 3.05) is 59.9 Å². The summed E-state index contributed by atoms with van der Waals surface area (Å²) < 4.78 is 1.71. The highest BCUT2D eigenvalue weighted by Crippen LogP contribution is 2.14. The minimum Gasteiger partial charge on any atom is -0.480 e. The number of unbranched alkanes of at least 4 members (excludes halogenated alkanes) is 1. The number of nitrogens with zero attached hydrogens (tertiary/aromatic N) is 7. The van der Waals surface area contributed by atoms with Crippen molar-refractivity contribution < 1.29 is 9.90 Å². The van der Waals surface area contributed by atoms with Crippen molar-refractivity contribution in [1.29, 1.82) is 0 Å². The summed E-state index contributed by atoms with van der Waals surface area (Å²) in [5.41, 5.74) is 2.55. The Bertz CT molecular complexity index is 1010. The van der Waals surface area contributed by atoms with E-state index in [4.69, 9.17) is 0 Å². The van der Waals surface area contributed by atoms with E-state index in [1.54, 1.807) is 17.0 Å². The Morgan fingerprint density at radius 2 is 1.59 bits per heavy atom.